The summed E-state index contributed by atoms with van der Waals surface area (Å²) in [5.41, 5.74) is 1.87. The Balaban J connectivity index is 1.54. The molecule has 0 saturated carbocycles. The fraction of sp³-hybridized carbons (Fsp3) is 0.364. The van der Waals surface area contributed by atoms with E-state index in [1.54, 1.807) is 42.5 Å². The van der Waals surface area contributed by atoms with Gasteiger partial charge in [0.15, 0.2) is 17.6 Å². The third-order valence-corrected chi connectivity index (χ3v) is 4.24. The second-order valence-corrected chi connectivity index (χ2v) is 6.95. The van der Waals surface area contributed by atoms with Gasteiger partial charge in [-0.2, -0.15) is 0 Å². The van der Waals surface area contributed by atoms with E-state index in [1.807, 2.05) is 13.8 Å². The first-order valence-corrected chi connectivity index (χ1v) is 9.54. The molecule has 0 bridgehead atoms. The van der Waals surface area contributed by atoms with E-state index in [0.717, 1.165) is 5.56 Å². The van der Waals surface area contributed by atoms with E-state index in [1.165, 1.54) is 6.92 Å². The number of ether oxygens (including phenoxy) is 4. The smallest absolute Gasteiger partial charge is 0.338 e. The zero-order valence-electron chi connectivity index (χ0n) is 16.8. The lowest BCUT2D eigenvalue weighted by atomic mass is 10.1. The number of esters is 1. The molecule has 29 heavy (non-hydrogen) atoms. The van der Waals surface area contributed by atoms with Gasteiger partial charge in [0.1, 0.15) is 13.2 Å². The summed E-state index contributed by atoms with van der Waals surface area (Å²) in [4.78, 5) is 24.7. The lowest BCUT2D eigenvalue weighted by molar-refractivity contribution is -0.123. The predicted octanol–water partition coefficient (Wildman–Crippen LogP) is 3.57. The van der Waals surface area contributed by atoms with Gasteiger partial charge in [0.2, 0.25) is 0 Å². The van der Waals surface area contributed by atoms with Crippen LogP contribution in [0, 0.1) is 0 Å². The van der Waals surface area contributed by atoms with E-state index < -0.39 is 18.0 Å². The molecule has 2 aromatic rings. The Morgan fingerprint density at radius 1 is 1.00 bits per heavy atom. The topological polar surface area (TPSA) is 83.1 Å². The quantitative estimate of drug-likeness (QED) is 0.717. The van der Waals surface area contributed by atoms with Gasteiger partial charge in [-0.05, 0) is 50.6 Å². The number of fused-ring (bicyclic) bond motifs is 1. The molecule has 1 N–H and O–H groups in total. The molecule has 3 rings (SSSR count). The van der Waals surface area contributed by atoms with Crippen molar-refractivity contribution in [3.63, 3.8) is 0 Å². The molecule has 1 amide bonds. The molecule has 0 aliphatic carbocycles. The SMILES string of the molecule is CC(C)OCc1ccc(C(=O)O[C@H](C)C(=O)Nc2ccc3c(c2)OCCO3)cc1. The van der Waals surface area contributed by atoms with E-state index >= 15 is 0 Å². The number of anilines is 1. The molecular weight excluding hydrogens is 374 g/mol. The minimum absolute atomic E-state index is 0.133. The Hall–Kier alpha value is -3.06. The first-order valence-electron chi connectivity index (χ1n) is 9.54. The van der Waals surface area contributed by atoms with Gasteiger partial charge in [-0.15, -0.1) is 0 Å². The average Bonchev–Trinajstić information content (AvgIpc) is 2.72. The number of benzene rings is 2. The summed E-state index contributed by atoms with van der Waals surface area (Å²) in [7, 11) is 0. The molecule has 1 heterocycles. The van der Waals surface area contributed by atoms with Crippen LogP contribution in [-0.2, 0) is 20.9 Å². The second kappa shape index (κ2) is 9.43. The normalized spacial score (nSPS) is 13.7. The fourth-order valence-electron chi connectivity index (χ4n) is 2.65. The molecular formula is C22H25NO6. The van der Waals surface area contributed by atoms with Crippen molar-refractivity contribution in [3.05, 3.63) is 53.6 Å². The molecule has 2 aromatic carbocycles. The van der Waals surface area contributed by atoms with Crippen molar-refractivity contribution >= 4 is 17.6 Å². The third kappa shape index (κ3) is 5.71. The Morgan fingerprint density at radius 3 is 2.38 bits per heavy atom. The Kier molecular flexibility index (Phi) is 6.72. The molecule has 0 saturated heterocycles. The van der Waals surface area contributed by atoms with E-state index in [2.05, 4.69) is 5.32 Å². The molecule has 0 radical (unpaired) electrons. The molecule has 0 fully saturated rings. The Bertz CT molecular complexity index is 862. The number of amides is 1. The van der Waals surface area contributed by atoms with Gasteiger partial charge in [-0.3, -0.25) is 4.79 Å². The summed E-state index contributed by atoms with van der Waals surface area (Å²) in [6.07, 6.45) is -0.826. The number of hydrogen-bond acceptors (Lipinski definition) is 6. The van der Waals surface area contributed by atoms with Crippen LogP contribution < -0.4 is 14.8 Å². The highest BCUT2D eigenvalue weighted by Crippen LogP contribution is 2.32. The van der Waals surface area contributed by atoms with Gasteiger partial charge < -0.3 is 24.3 Å². The molecule has 1 aliphatic rings. The van der Waals surface area contributed by atoms with Crippen molar-refractivity contribution in [3.8, 4) is 11.5 Å². The van der Waals surface area contributed by atoms with E-state index in [0.29, 0.717) is 42.6 Å². The molecule has 0 aromatic heterocycles. The summed E-state index contributed by atoms with van der Waals surface area (Å²) < 4.78 is 21.8. The van der Waals surface area contributed by atoms with Crippen LogP contribution in [0.2, 0.25) is 0 Å². The summed E-state index contributed by atoms with van der Waals surface area (Å²) in [5.74, 6) is 0.208. The van der Waals surface area contributed by atoms with Crippen molar-refractivity contribution in [1.29, 1.82) is 0 Å². The van der Waals surface area contributed by atoms with Crippen molar-refractivity contribution in [2.45, 2.75) is 39.6 Å². The standard InChI is InChI=1S/C22H25NO6/c1-14(2)28-13-16-4-6-17(7-5-16)22(25)29-15(3)21(24)23-18-8-9-19-20(12-18)27-11-10-26-19/h4-9,12,14-15H,10-11,13H2,1-3H3,(H,23,24)/t15-/m1/s1. The van der Waals surface area contributed by atoms with Crippen LogP contribution >= 0.6 is 0 Å². The highest BCUT2D eigenvalue weighted by Gasteiger charge is 2.20. The van der Waals surface area contributed by atoms with Crippen LogP contribution in [0.1, 0.15) is 36.7 Å². The zero-order valence-corrected chi connectivity index (χ0v) is 16.8. The average molecular weight is 399 g/mol. The second-order valence-electron chi connectivity index (χ2n) is 6.95. The molecule has 1 atom stereocenters. The molecule has 0 unspecified atom stereocenters. The highest BCUT2D eigenvalue weighted by molar-refractivity contribution is 5.97. The first kappa shape index (κ1) is 20.7. The van der Waals surface area contributed by atoms with Gasteiger partial charge in [-0.1, -0.05) is 12.1 Å². The number of carbonyl (C=O) groups is 2. The van der Waals surface area contributed by atoms with Crippen molar-refractivity contribution in [2.75, 3.05) is 18.5 Å². The number of rotatable bonds is 7. The van der Waals surface area contributed by atoms with Crippen molar-refractivity contribution in [1.82, 2.24) is 0 Å². The van der Waals surface area contributed by atoms with Gasteiger partial charge in [0.25, 0.3) is 5.91 Å². The third-order valence-electron chi connectivity index (χ3n) is 4.24. The molecule has 1 aliphatic heterocycles. The predicted molar refractivity (Wildman–Crippen MR) is 107 cm³/mol. The number of hydrogen-bond donors (Lipinski definition) is 1. The molecule has 154 valence electrons. The van der Waals surface area contributed by atoms with Crippen LogP contribution in [0.3, 0.4) is 0 Å². The van der Waals surface area contributed by atoms with Gasteiger partial charge in [0, 0.05) is 11.8 Å². The van der Waals surface area contributed by atoms with Crippen LogP contribution in [0.15, 0.2) is 42.5 Å². The monoisotopic (exact) mass is 399 g/mol. The van der Waals surface area contributed by atoms with Crippen LogP contribution in [0.5, 0.6) is 11.5 Å². The minimum atomic E-state index is -0.959. The maximum absolute atomic E-state index is 12.4. The van der Waals surface area contributed by atoms with Crippen LogP contribution in [0.4, 0.5) is 5.69 Å². The lowest BCUT2D eigenvalue weighted by Gasteiger charge is -2.19. The molecule has 7 heteroatoms. The highest BCUT2D eigenvalue weighted by atomic mass is 16.6. The fourth-order valence-corrected chi connectivity index (χ4v) is 2.65. The summed E-state index contributed by atoms with van der Waals surface area (Å²) >= 11 is 0. The molecule has 0 spiro atoms. The van der Waals surface area contributed by atoms with E-state index in [9.17, 15) is 9.59 Å². The largest absolute Gasteiger partial charge is 0.486 e. The van der Waals surface area contributed by atoms with Crippen LogP contribution in [0.25, 0.3) is 0 Å². The van der Waals surface area contributed by atoms with Gasteiger partial charge in [-0.25, -0.2) is 4.79 Å². The minimum Gasteiger partial charge on any atom is -0.486 e. The van der Waals surface area contributed by atoms with E-state index in [-0.39, 0.29) is 6.10 Å². The first-order chi connectivity index (χ1) is 13.9. The van der Waals surface area contributed by atoms with Crippen molar-refractivity contribution in [2.24, 2.45) is 0 Å². The molecule has 7 nitrogen and oxygen atoms in total. The summed E-state index contributed by atoms with van der Waals surface area (Å²) in [6, 6.07) is 12.0. The Labute approximate surface area is 169 Å². The van der Waals surface area contributed by atoms with Crippen molar-refractivity contribution < 1.29 is 28.5 Å². The van der Waals surface area contributed by atoms with Gasteiger partial charge in [0.05, 0.1) is 18.3 Å². The summed E-state index contributed by atoms with van der Waals surface area (Å²) in [5, 5.41) is 2.72. The summed E-state index contributed by atoms with van der Waals surface area (Å²) in [6.45, 7) is 6.88. The maximum atomic E-state index is 12.4. The van der Waals surface area contributed by atoms with Gasteiger partial charge >= 0.3 is 5.97 Å². The van der Waals surface area contributed by atoms with Crippen LogP contribution in [-0.4, -0.2) is 37.3 Å². The lowest BCUT2D eigenvalue weighted by Crippen LogP contribution is -2.30. The Morgan fingerprint density at radius 2 is 1.69 bits per heavy atom. The van der Waals surface area contributed by atoms with E-state index in [4.69, 9.17) is 18.9 Å². The zero-order chi connectivity index (χ0) is 20.8. The maximum Gasteiger partial charge on any atom is 0.338 e. The number of carbonyl (C=O) groups excluding carboxylic acids is 2. The number of nitrogens with one attached hydrogen (secondary N) is 1.